The van der Waals surface area contributed by atoms with Gasteiger partial charge in [-0.15, -0.1) is 24.0 Å². The fourth-order valence-corrected chi connectivity index (χ4v) is 3.25. The van der Waals surface area contributed by atoms with Crippen LogP contribution in [0.15, 0.2) is 70.3 Å². The summed E-state index contributed by atoms with van der Waals surface area (Å²) >= 11 is 0. The summed E-state index contributed by atoms with van der Waals surface area (Å²) in [6.07, 6.45) is 2.42. The summed E-state index contributed by atoms with van der Waals surface area (Å²) in [5.41, 5.74) is 5.70. The van der Waals surface area contributed by atoms with Crippen molar-refractivity contribution in [3.8, 4) is 0 Å². The molecule has 0 radical (unpaired) electrons. The molecule has 6 nitrogen and oxygen atoms in total. The van der Waals surface area contributed by atoms with Gasteiger partial charge in [0.1, 0.15) is 0 Å². The number of aryl methyl sites for hydroxylation is 2. The number of amides is 1. The molecule has 0 aliphatic rings. The molecule has 3 rings (SSSR count). The summed E-state index contributed by atoms with van der Waals surface area (Å²) in [5.74, 6) is 0.783. The smallest absolute Gasteiger partial charge is 0.291 e. The molecule has 7 heteroatoms. The highest BCUT2D eigenvalue weighted by molar-refractivity contribution is 14.0. The topological polar surface area (TPSA) is 78.7 Å². The number of aliphatic imine (C=N–C) groups is 1. The number of hydrogen-bond donors (Lipinski definition) is 3. The maximum absolute atomic E-state index is 12.0. The SMILES string of the molecule is CN=C(NCCc1cc(C)cc(C)c1)NCc1ccc(NC(=O)c2ccco2)cc1.I. The van der Waals surface area contributed by atoms with E-state index in [9.17, 15) is 4.79 Å². The molecule has 0 aliphatic heterocycles. The third-order valence-corrected chi connectivity index (χ3v) is 4.63. The predicted octanol–water partition coefficient (Wildman–Crippen LogP) is 4.67. The quantitative estimate of drug-likeness (QED) is 0.235. The first kappa shape index (κ1) is 24.5. The van der Waals surface area contributed by atoms with E-state index in [1.54, 1.807) is 19.2 Å². The van der Waals surface area contributed by atoms with Gasteiger partial charge in [-0.25, -0.2) is 0 Å². The molecular weight excluding hydrogens is 503 g/mol. The first-order valence-electron chi connectivity index (χ1n) is 9.99. The Morgan fingerprint density at radius 1 is 0.968 bits per heavy atom. The Kier molecular flexibility index (Phi) is 9.58. The van der Waals surface area contributed by atoms with Gasteiger partial charge in [0.05, 0.1) is 6.26 Å². The summed E-state index contributed by atoms with van der Waals surface area (Å²) < 4.78 is 5.10. The van der Waals surface area contributed by atoms with Crippen molar-refractivity contribution < 1.29 is 9.21 Å². The molecule has 164 valence electrons. The van der Waals surface area contributed by atoms with Gasteiger partial charge in [-0.2, -0.15) is 0 Å². The standard InChI is InChI=1S/C24H28N4O2.HI/c1-17-13-18(2)15-20(14-17)10-11-26-24(25-3)27-16-19-6-8-21(9-7-19)28-23(29)22-5-4-12-30-22;/h4-9,12-15H,10-11,16H2,1-3H3,(H,28,29)(H2,25,26,27);1H. The summed E-state index contributed by atoms with van der Waals surface area (Å²) in [5, 5.41) is 9.48. The lowest BCUT2D eigenvalue weighted by atomic mass is 10.1. The molecule has 0 spiro atoms. The van der Waals surface area contributed by atoms with Crippen LogP contribution in [0.5, 0.6) is 0 Å². The Labute approximate surface area is 200 Å². The Bertz CT molecular complexity index is 979. The molecule has 0 saturated carbocycles. The molecule has 2 aromatic carbocycles. The van der Waals surface area contributed by atoms with Crippen LogP contribution in [-0.2, 0) is 13.0 Å². The first-order valence-corrected chi connectivity index (χ1v) is 9.99. The Balaban J connectivity index is 0.00000341. The van der Waals surface area contributed by atoms with Crippen LogP contribution in [0.2, 0.25) is 0 Å². The number of anilines is 1. The number of carbonyl (C=O) groups excluding carboxylic acids is 1. The number of guanidine groups is 1. The second-order valence-corrected chi connectivity index (χ2v) is 7.23. The van der Waals surface area contributed by atoms with Crippen LogP contribution >= 0.6 is 24.0 Å². The van der Waals surface area contributed by atoms with Gasteiger partial charge < -0.3 is 20.4 Å². The van der Waals surface area contributed by atoms with Gasteiger partial charge in [0.15, 0.2) is 11.7 Å². The van der Waals surface area contributed by atoms with E-state index in [2.05, 4.69) is 53.0 Å². The van der Waals surface area contributed by atoms with Gasteiger partial charge in [0.2, 0.25) is 0 Å². The van der Waals surface area contributed by atoms with E-state index in [1.165, 1.54) is 23.0 Å². The molecule has 0 unspecified atom stereocenters. The number of benzene rings is 2. The lowest BCUT2D eigenvalue weighted by Gasteiger charge is -2.13. The van der Waals surface area contributed by atoms with E-state index in [-0.39, 0.29) is 35.6 Å². The monoisotopic (exact) mass is 532 g/mol. The zero-order valence-electron chi connectivity index (χ0n) is 18.1. The maximum atomic E-state index is 12.0. The lowest BCUT2D eigenvalue weighted by molar-refractivity contribution is 0.0996. The lowest BCUT2D eigenvalue weighted by Crippen LogP contribution is -2.37. The Hall–Kier alpha value is -2.81. The minimum atomic E-state index is -0.265. The molecule has 1 heterocycles. The predicted molar refractivity (Wildman–Crippen MR) is 136 cm³/mol. The summed E-state index contributed by atoms with van der Waals surface area (Å²) in [4.78, 5) is 16.3. The van der Waals surface area contributed by atoms with Crippen LogP contribution in [0.1, 0.15) is 32.8 Å². The van der Waals surface area contributed by atoms with Gasteiger partial charge >= 0.3 is 0 Å². The first-order chi connectivity index (χ1) is 14.5. The van der Waals surface area contributed by atoms with E-state index >= 15 is 0 Å². The molecule has 0 saturated heterocycles. The van der Waals surface area contributed by atoms with Crippen LogP contribution in [0, 0.1) is 13.8 Å². The van der Waals surface area contributed by atoms with Crippen molar-refractivity contribution in [1.29, 1.82) is 0 Å². The third-order valence-electron chi connectivity index (χ3n) is 4.63. The fraction of sp³-hybridized carbons (Fsp3) is 0.250. The van der Waals surface area contributed by atoms with Crippen molar-refractivity contribution in [2.24, 2.45) is 4.99 Å². The van der Waals surface area contributed by atoms with E-state index in [0.717, 1.165) is 30.2 Å². The van der Waals surface area contributed by atoms with Gasteiger partial charge in [-0.1, -0.05) is 41.5 Å². The van der Waals surface area contributed by atoms with Gasteiger partial charge in [0.25, 0.3) is 5.91 Å². The fourth-order valence-electron chi connectivity index (χ4n) is 3.25. The van der Waals surface area contributed by atoms with E-state index in [4.69, 9.17) is 4.42 Å². The molecular formula is C24H29IN4O2. The van der Waals surface area contributed by atoms with Crippen molar-refractivity contribution in [1.82, 2.24) is 10.6 Å². The van der Waals surface area contributed by atoms with E-state index < -0.39 is 0 Å². The molecule has 1 amide bonds. The second kappa shape index (κ2) is 12.1. The summed E-state index contributed by atoms with van der Waals surface area (Å²) in [6, 6.07) is 17.6. The van der Waals surface area contributed by atoms with Crippen LogP contribution in [0.3, 0.4) is 0 Å². The minimum absolute atomic E-state index is 0. The second-order valence-electron chi connectivity index (χ2n) is 7.23. The number of hydrogen-bond acceptors (Lipinski definition) is 3. The van der Waals surface area contributed by atoms with Crippen LogP contribution in [0.4, 0.5) is 5.69 Å². The van der Waals surface area contributed by atoms with Gasteiger partial charge in [-0.3, -0.25) is 9.79 Å². The number of carbonyl (C=O) groups is 1. The highest BCUT2D eigenvalue weighted by Gasteiger charge is 2.08. The molecule has 3 N–H and O–H groups in total. The summed E-state index contributed by atoms with van der Waals surface area (Å²) in [6.45, 7) is 5.69. The van der Waals surface area contributed by atoms with Gasteiger partial charge in [-0.05, 0) is 55.7 Å². The highest BCUT2D eigenvalue weighted by atomic mass is 127. The van der Waals surface area contributed by atoms with Crippen LogP contribution in [-0.4, -0.2) is 25.5 Å². The van der Waals surface area contributed by atoms with Crippen molar-refractivity contribution in [2.45, 2.75) is 26.8 Å². The number of halogens is 1. The number of nitrogens with zero attached hydrogens (tertiary/aromatic N) is 1. The van der Waals surface area contributed by atoms with Crippen LogP contribution in [0.25, 0.3) is 0 Å². The van der Waals surface area contributed by atoms with Crippen molar-refractivity contribution >= 4 is 41.5 Å². The molecule has 1 aromatic heterocycles. The van der Waals surface area contributed by atoms with E-state index in [0.29, 0.717) is 6.54 Å². The minimum Gasteiger partial charge on any atom is -0.459 e. The van der Waals surface area contributed by atoms with Crippen molar-refractivity contribution in [3.05, 3.63) is 88.9 Å². The summed E-state index contributed by atoms with van der Waals surface area (Å²) in [7, 11) is 1.76. The van der Waals surface area contributed by atoms with Crippen LogP contribution < -0.4 is 16.0 Å². The molecule has 3 aromatic rings. The van der Waals surface area contributed by atoms with E-state index in [1.807, 2.05) is 24.3 Å². The number of nitrogens with one attached hydrogen (secondary N) is 3. The average Bonchev–Trinajstić information content (AvgIpc) is 3.26. The average molecular weight is 532 g/mol. The molecule has 0 bridgehead atoms. The number of furan rings is 1. The van der Waals surface area contributed by atoms with Crippen molar-refractivity contribution in [2.75, 3.05) is 18.9 Å². The zero-order chi connectivity index (χ0) is 21.3. The highest BCUT2D eigenvalue weighted by Crippen LogP contribution is 2.12. The molecule has 0 atom stereocenters. The van der Waals surface area contributed by atoms with Gasteiger partial charge in [0, 0.05) is 25.8 Å². The third kappa shape index (κ3) is 7.75. The molecule has 0 aliphatic carbocycles. The Morgan fingerprint density at radius 3 is 2.29 bits per heavy atom. The maximum Gasteiger partial charge on any atom is 0.291 e. The van der Waals surface area contributed by atoms with Crippen molar-refractivity contribution in [3.63, 3.8) is 0 Å². The number of rotatable bonds is 7. The Morgan fingerprint density at radius 2 is 1.68 bits per heavy atom. The largest absolute Gasteiger partial charge is 0.459 e. The molecule has 31 heavy (non-hydrogen) atoms. The normalized spacial score (nSPS) is 10.9. The molecule has 0 fully saturated rings. The zero-order valence-corrected chi connectivity index (χ0v) is 20.4.